The first-order valence-electron chi connectivity index (χ1n) is 6.76. The number of rotatable bonds is 7. The van der Waals surface area contributed by atoms with Gasteiger partial charge in [-0.2, -0.15) is 0 Å². The molecular weight excluding hydrogens is 270 g/mol. The molecule has 0 fully saturated rings. The molecule has 4 heteroatoms. The van der Waals surface area contributed by atoms with E-state index in [0.717, 1.165) is 31.0 Å². The van der Waals surface area contributed by atoms with Gasteiger partial charge in [-0.3, -0.25) is 4.21 Å². The number of benzene rings is 2. The number of hydrogen-bond acceptors (Lipinski definition) is 3. The second kappa shape index (κ2) is 7.41. The lowest BCUT2D eigenvalue weighted by atomic mass is 10.1. The summed E-state index contributed by atoms with van der Waals surface area (Å²) in [6.07, 6.45) is 2.70. The van der Waals surface area contributed by atoms with Crippen molar-refractivity contribution in [1.29, 1.82) is 0 Å². The largest absolute Gasteiger partial charge is 0.497 e. The molecule has 0 radical (unpaired) electrons. The summed E-state index contributed by atoms with van der Waals surface area (Å²) in [6, 6.07) is 12.6. The van der Waals surface area contributed by atoms with E-state index in [4.69, 9.17) is 4.74 Å². The van der Waals surface area contributed by atoms with Gasteiger partial charge < -0.3 is 10.1 Å². The van der Waals surface area contributed by atoms with Crippen LogP contribution in [-0.4, -0.2) is 29.9 Å². The van der Waals surface area contributed by atoms with Gasteiger partial charge in [-0.25, -0.2) is 0 Å². The molecule has 2 rings (SSSR count). The van der Waals surface area contributed by atoms with Crippen molar-refractivity contribution in [2.45, 2.75) is 13.0 Å². The summed E-state index contributed by atoms with van der Waals surface area (Å²) in [4.78, 5) is 0. The van der Waals surface area contributed by atoms with Gasteiger partial charge in [0.15, 0.2) is 0 Å². The average molecular weight is 291 g/mol. The Hall–Kier alpha value is -1.39. The Kier molecular flexibility index (Phi) is 5.56. The zero-order valence-corrected chi connectivity index (χ0v) is 12.8. The van der Waals surface area contributed by atoms with Gasteiger partial charge in [0.2, 0.25) is 0 Å². The van der Waals surface area contributed by atoms with Crippen LogP contribution in [0, 0.1) is 0 Å². The van der Waals surface area contributed by atoms with Gasteiger partial charge in [-0.15, -0.1) is 0 Å². The maximum Gasteiger partial charge on any atom is 0.119 e. The minimum atomic E-state index is -0.687. The van der Waals surface area contributed by atoms with Crippen molar-refractivity contribution >= 4 is 21.6 Å². The van der Waals surface area contributed by atoms with E-state index in [9.17, 15) is 4.21 Å². The lowest BCUT2D eigenvalue weighted by Crippen LogP contribution is -2.16. The summed E-state index contributed by atoms with van der Waals surface area (Å²) in [5.74, 6) is 1.65. The second-order valence-corrected chi connectivity index (χ2v) is 6.41. The van der Waals surface area contributed by atoms with Crippen LogP contribution >= 0.6 is 0 Å². The fourth-order valence-electron chi connectivity index (χ4n) is 2.14. The molecule has 0 aliphatic carbocycles. The van der Waals surface area contributed by atoms with Gasteiger partial charge in [0.1, 0.15) is 5.75 Å². The summed E-state index contributed by atoms with van der Waals surface area (Å²) in [5.41, 5.74) is 1.26. The van der Waals surface area contributed by atoms with Crippen LogP contribution in [0.5, 0.6) is 5.75 Å². The van der Waals surface area contributed by atoms with Crippen LogP contribution in [-0.2, 0) is 17.3 Å². The third-order valence-electron chi connectivity index (χ3n) is 3.23. The van der Waals surface area contributed by atoms with E-state index in [1.807, 2.05) is 12.1 Å². The summed E-state index contributed by atoms with van der Waals surface area (Å²) in [5, 5.41) is 5.80. The molecule has 1 N–H and O–H groups in total. The van der Waals surface area contributed by atoms with Crippen molar-refractivity contribution in [3.63, 3.8) is 0 Å². The molecule has 0 bridgehead atoms. The van der Waals surface area contributed by atoms with E-state index >= 15 is 0 Å². The Morgan fingerprint density at radius 2 is 1.90 bits per heavy atom. The molecule has 0 saturated carbocycles. The molecule has 2 aromatic carbocycles. The van der Waals surface area contributed by atoms with E-state index in [-0.39, 0.29) is 0 Å². The van der Waals surface area contributed by atoms with Crippen molar-refractivity contribution in [2.75, 3.05) is 25.7 Å². The third-order valence-corrected chi connectivity index (χ3v) is 4.09. The molecule has 0 aliphatic rings. The monoisotopic (exact) mass is 291 g/mol. The van der Waals surface area contributed by atoms with Gasteiger partial charge in [0.05, 0.1) is 7.11 Å². The topological polar surface area (TPSA) is 38.3 Å². The van der Waals surface area contributed by atoms with Crippen molar-refractivity contribution in [1.82, 2.24) is 5.32 Å². The summed E-state index contributed by atoms with van der Waals surface area (Å²) in [6.45, 7) is 1.75. The highest BCUT2D eigenvalue weighted by Gasteiger charge is 1.99. The highest BCUT2D eigenvalue weighted by atomic mass is 32.2. The molecule has 0 amide bonds. The fraction of sp³-hybridized carbons (Fsp3) is 0.375. The highest BCUT2D eigenvalue weighted by molar-refractivity contribution is 7.84. The first-order valence-corrected chi connectivity index (χ1v) is 8.49. The molecule has 2 aromatic rings. The van der Waals surface area contributed by atoms with Crippen LogP contribution in [0.4, 0.5) is 0 Å². The molecule has 108 valence electrons. The zero-order chi connectivity index (χ0) is 14.4. The molecule has 0 saturated heterocycles. The molecule has 1 unspecified atom stereocenters. The summed E-state index contributed by atoms with van der Waals surface area (Å²) >= 11 is 0. The Morgan fingerprint density at radius 1 is 1.15 bits per heavy atom. The van der Waals surface area contributed by atoms with E-state index in [1.165, 1.54) is 16.3 Å². The second-order valence-electron chi connectivity index (χ2n) is 4.86. The lowest BCUT2D eigenvalue weighted by molar-refractivity contribution is 0.415. The number of methoxy groups -OCH3 is 1. The quantitative estimate of drug-likeness (QED) is 0.797. The van der Waals surface area contributed by atoms with Gasteiger partial charge in [0, 0.05) is 29.4 Å². The van der Waals surface area contributed by atoms with Gasteiger partial charge in [-0.1, -0.05) is 18.2 Å². The van der Waals surface area contributed by atoms with Crippen LogP contribution in [0.25, 0.3) is 10.8 Å². The SMILES string of the molecule is COc1ccc2cc(CNCCCS(C)=O)ccc2c1. The Bertz CT molecular complexity index is 598. The average Bonchev–Trinajstić information content (AvgIpc) is 2.46. The summed E-state index contributed by atoms with van der Waals surface area (Å²) < 4.78 is 16.2. The van der Waals surface area contributed by atoms with E-state index in [0.29, 0.717) is 0 Å². The standard InChI is InChI=1S/C16H21NO2S/c1-19-16-7-6-14-10-13(4-5-15(14)11-16)12-17-8-3-9-20(2)18/h4-7,10-11,17H,3,8-9,12H2,1-2H3. The Labute approximate surface area is 122 Å². The van der Waals surface area contributed by atoms with E-state index in [1.54, 1.807) is 13.4 Å². The van der Waals surface area contributed by atoms with Crippen LogP contribution < -0.4 is 10.1 Å². The van der Waals surface area contributed by atoms with Crippen molar-refractivity contribution in [3.05, 3.63) is 42.0 Å². The maximum absolute atomic E-state index is 10.9. The molecule has 0 aliphatic heterocycles. The van der Waals surface area contributed by atoms with E-state index in [2.05, 4.69) is 29.6 Å². The number of hydrogen-bond donors (Lipinski definition) is 1. The molecular formula is C16H21NO2S. The Balaban J connectivity index is 1.93. The minimum absolute atomic E-state index is 0.687. The zero-order valence-electron chi connectivity index (χ0n) is 12.0. The normalized spacial score (nSPS) is 12.5. The molecule has 1 atom stereocenters. The predicted molar refractivity (Wildman–Crippen MR) is 85.8 cm³/mol. The number of nitrogens with one attached hydrogen (secondary N) is 1. The maximum atomic E-state index is 10.9. The predicted octanol–water partition coefficient (Wildman–Crippen LogP) is 2.71. The van der Waals surface area contributed by atoms with E-state index < -0.39 is 10.8 Å². The Morgan fingerprint density at radius 3 is 2.65 bits per heavy atom. The minimum Gasteiger partial charge on any atom is -0.497 e. The molecule has 0 heterocycles. The first-order chi connectivity index (χ1) is 9.69. The molecule has 0 aromatic heterocycles. The van der Waals surface area contributed by atoms with Crippen molar-refractivity contribution < 1.29 is 8.95 Å². The van der Waals surface area contributed by atoms with Crippen LogP contribution in [0.2, 0.25) is 0 Å². The number of fused-ring (bicyclic) bond motifs is 1. The van der Waals surface area contributed by atoms with Crippen molar-refractivity contribution in [3.8, 4) is 5.75 Å². The fourth-order valence-corrected chi connectivity index (χ4v) is 2.69. The summed E-state index contributed by atoms with van der Waals surface area (Å²) in [7, 11) is 0.996. The smallest absolute Gasteiger partial charge is 0.119 e. The van der Waals surface area contributed by atoms with Gasteiger partial charge in [-0.05, 0) is 47.5 Å². The van der Waals surface area contributed by atoms with Crippen LogP contribution in [0.15, 0.2) is 36.4 Å². The lowest BCUT2D eigenvalue weighted by Gasteiger charge is -2.07. The van der Waals surface area contributed by atoms with Crippen LogP contribution in [0.3, 0.4) is 0 Å². The van der Waals surface area contributed by atoms with Gasteiger partial charge >= 0.3 is 0 Å². The molecule has 20 heavy (non-hydrogen) atoms. The van der Waals surface area contributed by atoms with Crippen molar-refractivity contribution in [2.24, 2.45) is 0 Å². The first kappa shape index (κ1) is 15.0. The third kappa shape index (κ3) is 4.32. The highest BCUT2D eigenvalue weighted by Crippen LogP contribution is 2.21. The molecule has 3 nitrogen and oxygen atoms in total. The van der Waals surface area contributed by atoms with Gasteiger partial charge in [0.25, 0.3) is 0 Å². The number of ether oxygens (including phenoxy) is 1. The van der Waals surface area contributed by atoms with Crippen LogP contribution in [0.1, 0.15) is 12.0 Å². The molecule has 0 spiro atoms.